The van der Waals surface area contributed by atoms with Crippen LogP contribution in [-0.4, -0.2) is 11.9 Å². The average Bonchev–Trinajstić information content (AvgIpc) is 2.80. The zero-order valence-electron chi connectivity index (χ0n) is 16.8. The monoisotopic (exact) mass is 430 g/mol. The first kappa shape index (κ1) is 19.6. The highest BCUT2D eigenvalue weighted by Gasteiger charge is 2.58. The van der Waals surface area contributed by atoms with Crippen molar-refractivity contribution < 1.29 is 19.1 Å². The molecule has 31 heavy (non-hydrogen) atoms. The van der Waals surface area contributed by atoms with Gasteiger partial charge in [-0.1, -0.05) is 85.3 Å². The number of hydrogen-bond donors (Lipinski definition) is 0. The molecular weight excluding hydrogens is 412 g/mol. The molecule has 0 aliphatic carbocycles. The Hall–Kier alpha value is -3.37. The van der Waals surface area contributed by atoms with Crippen molar-refractivity contribution in [3.63, 3.8) is 0 Å². The normalized spacial score (nSPS) is 22.3. The number of rotatable bonds is 3. The number of cyclic esters (lactones) is 1. The molecule has 0 aromatic heterocycles. The largest absolute Gasteiger partial charge is 0.425 e. The molecule has 2 aliphatic heterocycles. The molecule has 0 spiro atoms. The molecular formula is C26H19ClO4. The fourth-order valence-electron chi connectivity index (χ4n) is 4.76. The lowest BCUT2D eigenvalue weighted by Gasteiger charge is -2.45. The highest BCUT2D eigenvalue weighted by Crippen LogP contribution is 2.57. The molecule has 3 aromatic rings. The van der Waals surface area contributed by atoms with Crippen molar-refractivity contribution in [2.75, 3.05) is 0 Å². The van der Waals surface area contributed by atoms with Crippen LogP contribution in [0.3, 0.4) is 0 Å². The summed E-state index contributed by atoms with van der Waals surface area (Å²) in [5.41, 5.74) is 1.23. The van der Waals surface area contributed by atoms with Crippen LogP contribution in [0, 0.1) is 0 Å². The standard InChI is InChI=1S/C26H19ClO4/c1-2-26(18-13-7-8-14-19(18)27)22-17-12-6-9-15-20(17)30-24(28)21(22)23(31-25(26)29)16-10-4-3-5-11-16/h3-15,22H,2H2,1H3/t22-,26-/m1/s1. The fraction of sp³-hybridized carbons (Fsp3) is 0.154. The Balaban J connectivity index is 1.88. The van der Waals surface area contributed by atoms with E-state index in [4.69, 9.17) is 21.1 Å². The fourth-order valence-corrected chi connectivity index (χ4v) is 5.07. The zero-order valence-corrected chi connectivity index (χ0v) is 17.6. The van der Waals surface area contributed by atoms with E-state index < -0.39 is 23.3 Å². The molecule has 154 valence electrons. The van der Waals surface area contributed by atoms with Gasteiger partial charge in [-0.15, -0.1) is 0 Å². The molecule has 0 unspecified atom stereocenters. The number of hydrogen-bond acceptors (Lipinski definition) is 4. The summed E-state index contributed by atoms with van der Waals surface area (Å²) in [5.74, 6) is -0.842. The second-order valence-electron chi connectivity index (χ2n) is 7.66. The van der Waals surface area contributed by atoms with E-state index in [0.29, 0.717) is 33.9 Å². The SMILES string of the molecule is CC[C@]1(c2ccccc2Cl)C(=O)OC(c2ccccc2)=C2C(=O)Oc3ccccc3[C@H]21. The number of ether oxygens (including phenoxy) is 2. The molecule has 3 aromatic carbocycles. The number of para-hydroxylation sites is 1. The number of fused-ring (bicyclic) bond motifs is 3. The minimum atomic E-state index is -1.17. The molecule has 0 bridgehead atoms. The van der Waals surface area contributed by atoms with Crippen molar-refractivity contribution in [2.24, 2.45) is 0 Å². The van der Waals surface area contributed by atoms with E-state index in [9.17, 15) is 9.59 Å². The third-order valence-electron chi connectivity index (χ3n) is 6.19. The lowest BCUT2D eigenvalue weighted by Crippen LogP contribution is -2.49. The van der Waals surface area contributed by atoms with Gasteiger partial charge in [0.25, 0.3) is 0 Å². The second-order valence-corrected chi connectivity index (χ2v) is 8.07. The second kappa shape index (κ2) is 7.40. The van der Waals surface area contributed by atoms with E-state index in [-0.39, 0.29) is 5.76 Å². The topological polar surface area (TPSA) is 52.6 Å². The zero-order chi connectivity index (χ0) is 21.6. The highest BCUT2D eigenvalue weighted by molar-refractivity contribution is 6.32. The Labute approximate surface area is 185 Å². The maximum Gasteiger partial charge on any atom is 0.343 e. The van der Waals surface area contributed by atoms with Gasteiger partial charge in [0.05, 0.1) is 5.57 Å². The molecule has 2 aliphatic rings. The molecule has 2 heterocycles. The van der Waals surface area contributed by atoms with Crippen LogP contribution in [0.25, 0.3) is 5.76 Å². The van der Waals surface area contributed by atoms with E-state index >= 15 is 0 Å². The van der Waals surface area contributed by atoms with Crippen LogP contribution in [0.4, 0.5) is 0 Å². The molecule has 0 amide bonds. The van der Waals surface area contributed by atoms with Gasteiger partial charge in [0.2, 0.25) is 0 Å². The number of esters is 2. The van der Waals surface area contributed by atoms with Crippen LogP contribution in [0.5, 0.6) is 5.75 Å². The van der Waals surface area contributed by atoms with E-state index in [0.717, 1.165) is 5.56 Å². The summed E-state index contributed by atoms with van der Waals surface area (Å²) >= 11 is 6.60. The molecule has 0 fully saturated rings. The quantitative estimate of drug-likeness (QED) is 0.397. The van der Waals surface area contributed by atoms with Crippen molar-refractivity contribution in [2.45, 2.75) is 24.7 Å². The lowest BCUT2D eigenvalue weighted by atomic mass is 9.61. The summed E-state index contributed by atoms with van der Waals surface area (Å²) in [4.78, 5) is 27.1. The van der Waals surface area contributed by atoms with Gasteiger partial charge in [0.1, 0.15) is 16.9 Å². The molecule has 0 saturated carbocycles. The minimum Gasteiger partial charge on any atom is -0.425 e. The molecule has 4 nitrogen and oxygen atoms in total. The van der Waals surface area contributed by atoms with E-state index in [1.807, 2.05) is 73.7 Å². The molecule has 0 saturated heterocycles. The number of carbonyl (C=O) groups is 2. The lowest BCUT2D eigenvalue weighted by molar-refractivity contribution is -0.147. The van der Waals surface area contributed by atoms with Gasteiger partial charge in [-0.05, 0) is 24.1 Å². The number of carbonyl (C=O) groups excluding carboxylic acids is 2. The molecule has 0 radical (unpaired) electrons. The number of halogens is 1. The van der Waals surface area contributed by atoms with Crippen LogP contribution >= 0.6 is 11.6 Å². The van der Waals surface area contributed by atoms with Gasteiger partial charge < -0.3 is 9.47 Å². The number of benzene rings is 3. The van der Waals surface area contributed by atoms with Crippen LogP contribution in [0.1, 0.15) is 36.0 Å². The maximum absolute atomic E-state index is 13.8. The van der Waals surface area contributed by atoms with E-state index in [1.165, 1.54) is 0 Å². The minimum absolute atomic E-state index is 0.242. The average molecular weight is 431 g/mol. The Kier molecular flexibility index (Phi) is 4.67. The third kappa shape index (κ3) is 2.82. The Morgan fingerprint density at radius 2 is 1.55 bits per heavy atom. The van der Waals surface area contributed by atoms with Crippen molar-refractivity contribution >= 4 is 29.3 Å². The smallest absolute Gasteiger partial charge is 0.343 e. The maximum atomic E-state index is 13.8. The molecule has 5 heteroatoms. The predicted octanol–water partition coefficient (Wildman–Crippen LogP) is 5.66. The summed E-state index contributed by atoms with van der Waals surface area (Å²) in [6, 6.07) is 23.8. The highest BCUT2D eigenvalue weighted by atomic mass is 35.5. The summed E-state index contributed by atoms with van der Waals surface area (Å²) in [6.45, 7) is 1.91. The van der Waals surface area contributed by atoms with E-state index in [2.05, 4.69) is 0 Å². The van der Waals surface area contributed by atoms with Crippen LogP contribution in [-0.2, 0) is 19.7 Å². The Morgan fingerprint density at radius 1 is 0.871 bits per heavy atom. The van der Waals surface area contributed by atoms with Gasteiger partial charge >= 0.3 is 11.9 Å². The summed E-state index contributed by atoms with van der Waals surface area (Å²) < 4.78 is 11.6. The Morgan fingerprint density at radius 3 is 2.29 bits per heavy atom. The van der Waals surface area contributed by atoms with Crippen LogP contribution in [0.2, 0.25) is 5.02 Å². The first-order valence-corrected chi connectivity index (χ1v) is 10.5. The van der Waals surface area contributed by atoms with Crippen LogP contribution in [0.15, 0.2) is 84.4 Å². The van der Waals surface area contributed by atoms with E-state index in [1.54, 1.807) is 12.1 Å². The predicted molar refractivity (Wildman–Crippen MR) is 118 cm³/mol. The van der Waals surface area contributed by atoms with Crippen LogP contribution < -0.4 is 4.74 Å². The van der Waals surface area contributed by atoms with Crippen molar-refractivity contribution in [1.82, 2.24) is 0 Å². The first-order valence-electron chi connectivity index (χ1n) is 10.2. The third-order valence-corrected chi connectivity index (χ3v) is 6.52. The molecule has 5 rings (SSSR count). The summed E-state index contributed by atoms with van der Waals surface area (Å²) in [7, 11) is 0. The Bertz CT molecular complexity index is 1230. The van der Waals surface area contributed by atoms with Gasteiger partial charge in [0.15, 0.2) is 0 Å². The summed E-state index contributed by atoms with van der Waals surface area (Å²) in [5, 5.41) is 0.459. The first-order chi connectivity index (χ1) is 15.1. The molecule has 2 atom stereocenters. The van der Waals surface area contributed by atoms with Crippen molar-refractivity contribution in [3.05, 3.63) is 106 Å². The van der Waals surface area contributed by atoms with Gasteiger partial charge in [-0.3, -0.25) is 4.79 Å². The van der Waals surface area contributed by atoms with Gasteiger partial charge in [-0.25, -0.2) is 4.79 Å². The van der Waals surface area contributed by atoms with Gasteiger partial charge in [0, 0.05) is 22.1 Å². The molecule has 0 N–H and O–H groups in total. The summed E-state index contributed by atoms with van der Waals surface area (Å²) in [6.07, 6.45) is 0.396. The van der Waals surface area contributed by atoms with Gasteiger partial charge in [-0.2, -0.15) is 0 Å². The van der Waals surface area contributed by atoms with Crippen molar-refractivity contribution in [1.29, 1.82) is 0 Å². The van der Waals surface area contributed by atoms with Crippen molar-refractivity contribution in [3.8, 4) is 5.75 Å².